The van der Waals surface area contributed by atoms with Gasteiger partial charge in [0.2, 0.25) is 0 Å². The van der Waals surface area contributed by atoms with Crippen LogP contribution in [0.1, 0.15) is 29.9 Å². The summed E-state index contributed by atoms with van der Waals surface area (Å²) in [6, 6.07) is 3.38. The van der Waals surface area contributed by atoms with Crippen LogP contribution in [0.4, 0.5) is 5.82 Å². The van der Waals surface area contributed by atoms with Crippen molar-refractivity contribution in [2.45, 2.75) is 26.3 Å². The molecule has 2 rings (SSSR count). The fraction of sp³-hybridized carbons (Fsp3) is 0.538. The van der Waals surface area contributed by atoms with E-state index in [1.165, 1.54) is 0 Å². The van der Waals surface area contributed by atoms with Crippen LogP contribution < -0.4 is 4.90 Å². The third-order valence-electron chi connectivity index (χ3n) is 3.22. The van der Waals surface area contributed by atoms with E-state index in [0.29, 0.717) is 18.9 Å². The molecule has 0 amide bonds. The number of rotatable bonds is 2. The summed E-state index contributed by atoms with van der Waals surface area (Å²) in [6.07, 6.45) is 0. The van der Waals surface area contributed by atoms with E-state index in [4.69, 9.17) is 9.84 Å². The molecule has 1 saturated heterocycles. The molecule has 2 heterocycles. The van der Waals surface area contributed by atoms with Gasteiger partial charge in [-0.3, -0.25) is 0 Å². The minimum absolute atomic E-state index is 0.123. The molecule has 0 radical (unpaired) electrons. The van der Waals surface area contributed by atoms with Gasteiger partial charge in [0.15, 0.2) is 0 Å². The van der Waals surface area contributed by atoms with Crippen LogP contribution in [0.15, 0.2) is 12.1 Å². The topological polar surface area (TPSA) is 62.7 Å². The number of carbonyl (C=O) groups is 1. The van der Waals surface area contributed by atoms with Crippen molar-refractivity contribution in [2.75, 3.05) is 24.7 Å². The summed E-state index contributed by atoms with van der Waals surface area (Å²) in [5.74, 6) is -0.126. The molecule has 1 aromatic rings. The Labute approximate surface area is 106 Å². The van der Waals surface area contributed by atoms with Gasteiger partial charge in [0.05, 0.1) is 30.0 Å². The zero-order valence-electron chi connectivity index (χ0n) is 10.9. The molecule has 1 aliphatic rings. The predicted molar refractivity (Wildman–Crippen MR) is 68.2 cm³/mol. The second-order valence-electron chi connectivity index (χ2n) is 5.12. The maximum Gasteiger partial charge on any atom is 0.337 e. The van der Waals surface area contributed by atoms with Crippen molar-refractivity contribution >= 4 is 11.8 Å². The summed E-state index contributed by atoms with van der Waals surface area (Å²) in [4.78, 5) is 17.5. The van der Waals surface area contributed by atoms with Gasteiger partial charge >= 0.3 is 5.97 Å². The number of morpholine rings is 1. The first-order valence-electron chi connectivity index (χ1n) is 5.98. The number of nitrogens with zero attached hydrogens (tertiary/aromatic N) is 2. The number of hydrogen-bond donors (Lipinski definition) is 1. The number of aromatic nitrogens is 1. The van der Waals surface area contributed by atoms with E-state index in [2.05, 4.69) is 23.7 Å². The maximum atomic E-state index is 11.0. The molecular formula is C13H18N2O3. The third kappa shape index (κ3) is 2.31. The summed E-state index contributed by atoms with van der Waals surface area (Å²) in [6.45, 7) is 7.99. The normalized spacial score (nSPS) is 18.7. The van der Waals surface area contributed by atoms with Crippen LogP contribution in [0, 0.1) is 6.92 Å². The van der Waals surface area contributed by atoms with Gasteiger partial charge in [0, 0.05) is 6.54 Å². The Kier molecular flexibility index (Phi) is 3.26. The van der Waals surface area contributed by atoms with E-state index in [0.717, 1.165) is 12.4 Å². The SMILES string of the molecule is Cc1nc(N2CCOCC2(C)C)ccc1C(=O)O. The molecule has 1 aliphatic heterocycles. The lowest BCUT2D eigenvalue weighted by Gasteiger charge is -2.43. The Hall–Kier alpha value is -1.62. The van der Waals surface area contributed by atoms with Crippen LogP contribution in [0.5, 0.6) is 0 Å². The zero-order valence-corrected chi connectivity index (χ0v) is 10.9. The van der Waals surface area contributed by atoms with E-state index >= 15 is 0 Å². The lowest BCUT2D eigenvalue weighted by Crippen LogP contribution is -2.53. The Morgan fingerprint density at radius 2 is 2.22 bits per heavy atom. The Balaban J connectivity index is 2.34. The van der Waals surface area contributed by atoms with Crippen molar-refractivity contribution in [2.24, 2.45) is 0 Å². The zero-order chi connectivity index (χ0) is 13.3. The first kappa shape index (κ1) is 12.8. The molecule has 0 aromatic carbocycles. The molecule has 5 heteroatoms. The van der Waals surface area contributed by atoms with E-state index in [1.54, 1.807) is 19.1 Å². The minimum Gasteiger partial charge on any atom is -0.478 e. The van der Waals surface area contributed by atoms with E-state index in [-0.39, 0.29) is 11.1 Å². The number of carboxylic acid groups (broad SMARTS) is 1. The highest BCUT2D eigenvalue weighted by Gasteiger charge is 2.31. The lowest BCUT2D eigenvalue weighted by molar-refractivity contribution is 0.0638. The highest BCUT2D eigenvalue weighted by molar-refractivity contribution is 5.89. The molecule has 18 heavy (non-hydrogen) atoms. The number of aryl methyl sites for hydroxylation is 1. The average molecular weight is 250 g/mol. The standard InChI is InChI=1S/C13H18N2O3/c1-9-10(12(16)17)4-5-11(14-9)15-6-7-18-8-13(15,2)3/h4-5H,6-8H2,1-3H3,(H,16,17). The van der Waals surface area contributed by atoms with Gasteiger partial charge in [-0.25, -0.2) is 9.78 Å². The van der Waals surface area contributed by atoms with Crippen molar-refractivity contribution < 1.29 is 14.6 Å². The summed E-state index contributed by atoms with van der Waals surface area (Å²) in [7, 11) is 0. The maximum absolute atomic E-state index is 11.0. The van der Waals surface area contributed by atoms with Gasteiger partial charge in [-0.15, -0.1) is 0 Å². The van der Waals surface area contributed by atoms with E-state index in [9.17, 15) is 4.79 Å². The molecule has 98 valence electrons. The highest BCUT2D eigenvalue weighted by atomic mass is 16.5. The molecule has 0 atom stereocenters. The predicted octanol–water partition coefficient (Wildman–Crippen LogP) is 1.70. The molecule has 0 saturated carbocycles. The van der Waals surface area contributed by atoms with Gasteiger partial charge in [0.1, 0.15) is 5.82 Å². The quantitative estimate of drug-likeness (QED) is 0.865. The Bertz CT molecular complexity index is 471. The number of pyridine rings is 1. The number of aromatic carboxylic acids is 1. The summed E-state index contributed by atoms with van der Waals surface area (Å²) in [5.41, 5.74) is 0.676. The van der Waals surface area contributed by atoms with Gasteiger partial charge in [-0.05, 0) is 32.9 Å². The molecule has 0 bridgehead atoms. The summed E-state index contributed by atoms with van der Waals surface area (Å²) >= 11 is 0. The van der Waals surface area contributed by atoms with Crippen molar-refractivity contribution in [1.82, 2.24) is 4.98 Å². The van der Waals surface area contributed by atoms with Gasteiger partial charge in [-0.2, -0.15) is 0 Å². The first-order valence-corrected chi connectivity index (χ1v) is 5.98. The molecule has 0 unspecified atom stereocenters. The summed E-state index contributed by atoms with van der Waals surface area (Å²) in [5, 5.41) is 9.00. The molecular weight excluding hydrogens is 232 g/mol. The van der Waals surface area contributed by atoms with Gasteiger partial charge in [0.25, 0.3) is 0 Å². The smallest absolute Gasteiger partial charge is 0.337 e. The summed E-state index contributed by atoms with van der Waals surface area (Å²) < 4.78 is 5.47. The van der Waals surface area contributed by atoms with Gasteiger partial charge < -0.3 is 14.7 Å². The Morgan fingerprint density at radius 3 is 2.78 bits per heavy atom. The van der Waals surface area contributed by atoms with Gasteiger partial charge in [-0.1, -0.05) is 0 Å². The minimum atomic E-state index is -0.937. The lowest BCUT2D eigenvalue weighted by atomic mass is 10.0. The number of anilines is 1. The molecule has 0 spiro atoms. The monoisotopic (exact) mass is 250 g/mol. The van der Waals surface area contributed by atoms with E-state index < -0.39 is 5.97 Å². The van der Waals surface area contributed by atoms with Crippen LogP contribution in [0.3, 0.4) is 0 Å². The van der Waals surface area contributed by atoms with Crippen molar-refractivity contribution in [3.05, 3.63) is 23.4 Å². The molecule has 1 aromatic heterocycles. The van der Waals surface area contributed by atoms with Crippen molar-refractivity contribution in [3.8, 4) is 0 Å². The van der Waals surface area contributed by atoms with Crippen LogP contribution >= 0.6 is 0 Å². The number of carboxylic acids is 1. The third-order valence-corrected chi connectivity index (χ3v) is 3.22. The van der Waals surface area contributed by atoms with Crippen LogP contribution in [-0.4, -0.2) is 41.4 Å². The largest absolute Gasteiger partial charge is 0.478 e. The molecule has 1 fully saturated rings. The molecule has 5 nitrogen and oxygen atoms in total. The van der Waals surface area contributed by atoms with Crippen LogP contribution in [0.25, 0.3) is 0 Å². The molecule has 1 N–H and O–H groups in total. The van der Waals surface area contributed by atoms with Crippen molar-refractivity contribution in [3.63, 3.8) is 0 Å². The fourth-order valence-corrected chi connectivity index (χ4v) is 2.21. The second kappa shape index (κ2) is 4.57. The van der Waals surface area contributed by atoms with Crippen LogP contribution in [0.2, 0.25) is 0 Å². The fourth-order valence-electron chi connectivity index (χ4n) is 2.21. The second-order valence-corrected chi connectivity index (χ2v) is 5.12. The first-order chi connectivity index (χ1) is 8.42. The number of hydrogen-bond acceptors (Lipinski definition) is 4. The Morgan fingerprint density at radius 1 is 1.50 bits per heavy atom. The highest BCUT2D eigenvalue weighted by Crippen LogP contribution is 2.26. The average Bonchev–Trinajstić information content (AvgIpc) is 2.27. The number of ether oxygens (including phenoxy) is 1. The van der Waals surface area contributed by atoms with E-state index in [1.807, 2.05) is 0 Å². The van der Waals surface area contributed by atoms with Crippen molar-refractivity contribution in [1.29, 1.82) is 0 Å². The molecule has 0 aliphatic carbocycles. The van der Waals surface area contributed by atoms with Crippen LogP contribution in [-0.2, 0) is 4.74 Å².